The lowest BCUT2D eigenvalue weighted by Gasteiger charge is -2.19. The molecular weight excluding hydrogens is 312 g/mol. The Bertz CT molecular complexity index is 585. The fraction of sp³-hybridized carbons (Fsp3) is 0.750. The summed E-state index contributed by atoms with van der Waals surface area (Å²) in [5.41, 5.74) is 5.72. The number of hydrogen-bond donors (Lipinski definition) is 3. The topological polar surface area (TPSA) is 109 Å². The van der Waals surface area contributed by atoms with Crippen LogP contribution < -0.4 is 11.1 Å². The summed E-state index contributed by atoms with van der Waals surface area (Å²) in [5.74, 6) is 0.672. The number of aliphatic hydroxyl groups excluding tert-OH is 1. The molecule has 7 nitrogen and oxygen atoms in total. The molecule has 1 aliphatic carbocycles. The minimum absolute atomic E-state index is 0.0290. The van der Waals surface area contributed by atoms with E-state index in [4.69, 9.17) is 5.73 Å². The van der Waals surface area contributed by atoms with Gasteiger partial charge in [0.05, 0.1) is 0 Å². The van der Waals surface area contributed by atoms with E-state index in [9.17, 15) is 13.5 Å². The Morgan fingerprint density at radius 1 is 1.43 bits per heavy atom. The van der Waals surface area contributed by atoms with Crippen LogP contribution in [0.15, 0.2) is 4.90 Å². The summed E-state index contributed by atoms with van der Waals surface area (Å²) in [5, 5.41) is 13.0. The molecule has 9 heteroatoms. The van der Waals surface area contributed by atoms with Gasteiger partial charge in [0.15, 0.2) is 10.7 Å². The van der Waals surface area contributed by atoms with Gasteiger partial charge in [0.1, 0.15) is 5.00 Å². The number of nitrogens with one attached hydrogen (secondary N) is 1. The van der Waals surface area contributed by atoms with Gasteiger partial charge >= 0.3 is 0 Å². The van der Waals surface area contributed by atoms with Gasteiger partial charge in [0.2, 0.25) is 10.0 Å². The molecule has 1 aliphatic rings. The van der Waals surface area contributed by atoms with Crippen LogP contribution in [0.1, 0.15) is 19.3 Å². The summed E-state index contributed by atoms with van der Waals surface area (Å²) >= 11 is 1.06. The molecule has 4 N–H and O–H groups in total. The van der Waals surface area contributed by atoms with E-state index in [0.29, 0.717) is 17.5 Å². The van der Waals surface area contributed by atoms with Crippen LogP contribution in [0.25, 0.3) is 0 Å². The number of aliphatic hydroxyl groups is 1. The molecule has 0 saturated heterocycles. The van der Waals surface area contributed by atoms with Crippen molar-refractivity contribution in [3.8, 4) is 0 Å². The SMILES string of the molecule is CN(C)S(=O)(=O)c1c(N)nsc1NCC1CCCC1CO. The van der Waals surface area contributed by atoms with Gasteiger partial charge in [0, 0.05) is 27.2 Å². The van der Waals surface area contributed by atoms with E-state index in [0.717, 1.165) is 35.1 Å². The number of hydrogen-bond acceptors (Lipinski definition) is 7. The zero-order valence-corrected chi connectivity index (χ0v) is 13.9. The minimum atomic E-state index is -3.62. The molecule has 2 atom stereocenters. The number of anilines is 2. The highest BCUT2D eigenvalue weighted by Crippen LogP contribution is 2.35. The minimum Gasteiger partial charge on any atom is -0.396 e. The first kappa shape index (κ1) is 16.5. The lowest BCUT2D eigenvalue weighted by Crippen LogP contribution is -2.25. The van der Waals surface area contributed by atoms with Crippen LogP contribution in [-0.4, -0.2) is 49.5 Å². The van der Waals surface area contributed by atoms with Crippen LogP contribution in [-0.2, 0) is 10.0 Å². The average molecular weight is 334 g/mol. The van der Waals surface area contributed by atoms with Crippen molar-refractivity contribution in [1.82, 2.24) is 8.68 Å². The summed E-state index contributed by atoms with van der Waals surface area (Å²) in [7, 11) is -0.681. The van der Waals surface area contributed by atoms with Gasteiger partial charge in [-0.2, -0.15) is 4.37 Å². The molecule has 0 amide bonds. The molecular formula is C12H22N4O3S2. The summed E-state index contributed by atoms with van der Waals surface area (Å²) in [4.78, 5) is 0.0519. The van der Waals surface area contributed by atoms with Crippen molar-refractivity contribution in [2.45, 2.75) is 24.2 Å². The Balaban J connectivity index is 2.15. The highest BCUT2D eigenvalue weighted by molar-refractivity contribution is 7.89. The standard InChI is InChI=1S/C12H22N4O3S2/c1-16(2)21(18,19)10-11(13)15-20-12(10)14-6-8-4-3-5-9(8)7-17/h8-9,14,17H,3-7H2,1-2H3,(H2,13,15). The van der Waals surface area contributed by atoms with Crippen molar-refractivity contribution in [1.29, 1.82) is 0 Å². The van der Waals surface area contributed by atoms with Crippen molar-refractivity contribution in [3.05, 3.63) is 0 Å². The summed E-state index contributed by atoms with van der Waals surface area (Å²) in [6.45, 7) is 0.808. The summed E-state index contributed by atoms with van der Waals surface area (Å²) in [6.07, 6.45) is 3.17. The van der Waals surface area contributed by atoms with Crippen LogP contribution in [0.4, 0.5) is 10.8 Å². The number of nitrogen functional groups attached to an aromatic ring is 1. The van der Waals surface area contributed by atoms with Crippen molar-refractivity contribution >= 4 is 32.4 Å². The molecule has 1 saturated carbocycles. The van der Waals surface area contributed by atoms with E-state index < -0.39 is 10.0 Å². The molecule has 21 heavy (non-hydrogen) atoms. The molecule has 0 spiro atoms. The molecule has 1 aromatic heterocycles. The van der Waals surface area contributed by atoms with Gasteiger partial charge in [-0.15, -0.1) is 0 Å². The second-order valence-corrected chi connectivity index (χ2v) is 8.39. The van der Waals surface area contributed by atoms with Crippen molar-refractivity contribution < 1.29 is 13.5 Å². The highest BCUT2D eigenvalue weighted by atomic mass is 32.2. The Morgan fingerprint density at radius 2 is 2.10 bits per heavy atom. The quantitative estimate of drug-likeness (QED) is 0.710. The van der Waals surface area contributed by atoms with Crippen LogP contribution in [0, 0.1) is 11.8 Å². The van der Waals surface area contributed by atoms with Gasteiger partial charge in [0.25, 0.3) is 0 Å². The monoisotopic (exact) mass is 334 g/mol. The van der Waals surface area contributed by atoms with Gasteiger partial charge < -0.3 is 16.2 Å². The maximum atomic E-state index is 12.3. The lowest BCUT2D eigenvalue weighted by molar-refractivity contribution is 0.199. The van der Waals surface area contributed by atoms with Gasteiger partial charge in [-0.05, 0) is 36.2 Å². The van der Waals surface area contributed by atoms with Gasteiger partial charge in [-0.25, -0.2) is 12.7 Å². The van der Waals surface area contributed by atoms with E-state index in [1.165, 1.54) is 14.1 Å². The van der Waals surface area contributed by atoms with Gasteiger partial charge in [-0.3, -0.25) is 0 Å². The van der Waals surface area contributed by atoms with Gasteiger partial charge in [-0.1, -0.05) is 6.42 Å². The van der Waals surface area contributed by atoms with E-state index in [1.54, 1.807) is 0 Å². The molecule has 0 aromatic carbocycles. The first-order valence-corrected chi connectivity index (χ1v) is 9.11. The summed E-state index contributed by atoms with van der Waals surface area (Å²) in [6, 6.07) is 0. The summed E-state index contributed by atoms with van der Waals surface area (Å²) < 4.78 is 29.6. The molecule has 1 fully saturated rings. The molecule has 120 valence electrons. The largest absolute Gasteiger partial charge is 0.396 e. The highest BCUT2D eigenvalue weighted by Gasteiger charge is 2.30. The molecule has 1 aromatic rings. The number of rotatable bonds is 6. The smallest absolute Gasteiger partial charge is 0.249 e. The number of sulfonamides is 1. The Morgan fingerprint density at radius 3 is 2.71 bits per heavy atom. The van der Waals surface area contributed by atoms with Crippen LogP contribution >= 0.6 is 11.5 Å². The number of nitrogens with two attached hydrogens (primary N) is 1. The van der Waals surface area contributed by atoms with Crippen LogP contribution in [0.2, 0.25) is 0 Å². The van der Waals surface area contributed by atoms with Crippen LogP contribution in [0.3, 0.4) is 0 Å². The van der Waals surface area contributed by atoms with E-state index >= 15 is 0 Å². The lowest BCUT2D eigenvalue weighted by atomic mass is 9.97. The van der Waals surface area contributed by atoms with E-state index in [1.807, 2.05) is 0 Å². The maximum absolute atomic E-state index is 12.3. The zero-order valence-electron chi connectivity index (χ0n) is 12.2. The fourth-order valence-electron chi connectivity index (χ4n) is 2.68. The van der Waals surface area contributed by atoms with Crippen molar-refractivity contribution in [2.24, 2.45) is 11.8 Å². The number of aromatic nitrogens is 1. The molecule has 1 heterocycles. The first-order chi connectivity index (χ1) is 9.87. The molecule has 2 unspecified atom stereocenters. The van der Waals surface area contributed by atoms with E-state index in [2.05, 4.69) is 9.69 Å². The molecule has 0 aliphatic heterocycles. The van der Waals surface area contributed by atoms with Crippen molar-refractivity contribution in [3.63, 3.8) is 0 Å². The van der Waals surface area contributed by atoms with E-state index in [-0.39, 0.29) is 23.2 Å². The Labute approximate surface area is 129 Å². The Hall–Kier alpha value is -0.900. The third-order valence-electron chi connectivity index (χ3n) is 3.99. The first-order valence-electron chi connectivity index (χ1n) is 6.90. The second kappa shape index (κ2) is 6.47. The second-order valence-electron chi connectivity index (χ2n) is 5.53. The predicted octanol–water partition coefficient (Wildman–Crippen LogP) is 0.796. The normalized spacial score (nSPS) is 22.9. The fourth-order valence-corrected chi connectivity index (χ4v) is 4.77. The predicted molar refractivity (Wildman–Crippen MR) is 83.8 cm³/mol. The number of nitrogens with zero attached hydrogens (tertiary/aromatic N) is 2. The Kier molecular flexibility index (Phi) is 5.07. The molecule has 0 bridgehead atoms. The third kappa shape index (κ3) is 3.31. The molecule has 0 radical (unpaired) electrons. The van der Waals surface area contributed by atoms with Crippen LogP contribution in [0.5, 0.6) is 0 Å². The third-order valence-corrected chi connectivity index (χ3v) is 6.83. The average Bonchev–Trinajstić information content (AvgIpc) is 3.02. The van der Waals surface area contributed by atoms with Crippen molar-refractivity contribution in [2.75, 3.05) is 38.3 Å². The zero-order chi connectivity index (χ0) is 15.6. The maximum Gasteiger partial charge on any atom is 0.249 e. The molecule has 2 rings (SSSR count).